The molecule has 3 rings (SSSR count). The Morgan fingerprint density at radius 3 is 2.38 bits per heavy atom. The van der Waals surface area contributed by atoms with Crippen LogP contribution in [0.2, 0.25) is 0 Å². The van der Waals surface area contributed by atoms with E-state index in [0.717, 1.165) is 27.9 Å². The minimum absolute atomic E-state index is 0.0318. The van der Waals surface area contributed by atoms with E-state index in [0.29, 0.717) is 0 Å². The third kappa shape index (κ3) is 5.17. The molecule has 3 aromatic rings. The van der Waals surface area contributed by atoms with Crippen LogP contribution in [-0.2, 0) is 4.79 Å². The van der Waals surface area contributed by atoms with E-state index in [2.05, 4.69) is 33.9 Å². The van der Waals surface area contributed by atoms with Crippen molar-refractivity contribution in [1.29, 1.82) is 0 Å². The summed E-state index contributed by atoms with van der Waals surface area (Å²) in [6, 6.07) is 17.8. The number of carbonyl (C=O) groups is 1. The van der Waals surface area contributed by atoms with Gasteiger partial charge in [-0.25, -0.2) is 0 Å². The molecule has 1 N–H and O–H groups in total. The molecular formula is C22H26N4O2S. The van der Waals surface area contributed by atoms with Crippen LogP contribution < -0.4 is 10.1 Å². The van der Waals surface area contributed by atoms with Crippen molar-refractivity contribution in [2.75, 3.05) is 12.9 Å². The fraction of sp³-hybridized carbons (Fsp3) is 0.318. The molecule has 6 nitrogen and oxygen atoms in total. The second kappa shape index (κ2) is 9.60. The molecule has 0 saturated carbocycles. The number of nitrogens with one attached hydrogen (secondary N) is 1. The molecule has 0 radical (unpaired) electrons. The average molecular weight is 411 g/mol. The minimum atomic E-state index is -0.0397. The molecule has 0 fully saturated rings. The Bertz CT molecular complexity index is 939. The number of rotatable bonds is 8. The summed E-state index contributed by atoms with van der Waals surface area (Å²) in [5.74, 6) is 1.83. The average Bonchev–Trinajstić information content (AvgIpc) is 3.17. The Labute approximate surface area is 175 Å². The van der Waals surface area contributed by atoms with E-state index in [1.165, 1.54) is 11.8 Å². The lowest BCUT2D eigenvalue weighted by Crippen LogP contribution is -2.28. The Morgan fingerprint density at radius 1 is 1.07 bits per heavy atom. The maximum absolute atomic E-state index is 12.4. The van der Waals surface area contributed by atoms with Gasteiger partial charge in [-0.15, -0.1) is 10.2 Å². The number of ether oxygens (including phenoxy) is 1. The fourth-order valence-corrected chi connectivity index (χ4v) is 3.89. The molecule has 0 bridgehead atoms. The first-order valence-corrected chi connectivity index (χ1v) is 10.5. The maximum Gasteiger partial charge on any atom is 0.230 e. The lowest BCUT2D eigenvalue weighted by molar-refractivity contribution is -0.119. The molecule has 1 unspecified atom stereocenters. The van der Waals surface area contributed by atoms with Crippen molar-refractivity contribution in [3.05, 3.63) is 60.2 Å². The molecular weight excluding hydrogens is 384 g/mol. The molecule has 0 aliphatic heterocycles. The van der Waals surface area contributed by atoms with Gasteiger partial charge in [0.1, 0.15) is 5.75 Å². The smallest absolute Gasteiger partial charge is 0.230 e. The summed E-state index contributed by atoms with van der Waals surface area (Å²) < 4.78 is 7.28. The van der Waals surface area contributed by atoms with Crippen LogP contribution in [0.1, 0.15) is 38.4 Å². The van der Waals surface area contributed by atoms with Gasteiger partial charge in [-0.05, 0) is 50.6 Å². The third-order valence-corrected chi connectivity index (χ3v) is 5.48. The van der Waals surface area contributed by atoms with Gasteiger partial charge in [0.05, 0.1) is 18.9 Å². The summed E-state index contributed by atoms with van der Waals surface area (Å²) >= 11 is 1.40. The van der Waals surface area contributed by atoms with Crippen molar-refractivity contribution in [2.45, 2.75) is 38.0 Å². The highest BCUT2D eigenvalue weighted by atomic mass is 32.2. The first-order valence-electron chi connectivity index (χ1n) is 9.56. The molecule has 1 amide bonds. The summed E-state index contributed by atoms with van der Waals surface area (Å²) in [4.78, 5) is 12.4. The number of aromatic nitrogens is 3. The van der Waals surface area contributed by atoms with Crippen molar-refractivity contribution in [1.82, 2.24) is 20.1 Å². The number of methoxy groups -OCH3 is 1. The first-order chi connectivity index (χ1) is 14.0. The largest absolute Gasteiger partial charge is 0.497 e. The lowest BCUT2D eigenvalue weighted by atomic mass is 10.1. The molecule has 1 aromatic heterocycles. The highest BCUT2D eigenvalue weighted by Crippen LogP contribution is 2.28. The van der Waals surface area contributed by atoms with Crippen molar-refractivity contribution >= 4 is 17.7 Å². The van der Waals surface area contributed by atoms with Gasteiger partial charge in [-0.3, -0.25) is 9.36 Å². The van der Waals surface area contributed by atoms with Crippen LogP contribution in [0.5, 0.6) is 5.75 Å². The van der Waals surface area contributed by atoms with Crippen LogP contribution in [0, 0.1) is 0 Å². The highest BCUT2D eigenvalue weighted by molar-refractivity contribution is 7.99. The Morgan fingerprint density at radius 2 is 1.76 bits per heavy atom. The zero-order valence-corrected chi connectivity index (χ0v) is 17.9. The molecule has 1 atom stereocenters. The van der Waals surface area contributed by atoms with Crippen LogP contribution in [0.3, 0.4) is 0 Å². The van der Waals surface area contributed by atoms with Gasteiger partial charge >= 0.3 is 0 Å². The summed E-state index contributed by atoms with van der Waals surface area (Å²) in [6.07, 6.45) is 0. The second-order valence-electron chi connectivity index (χ2n) is 6.99. The van der Waals surface area contributed by atoms with Crippen LogP contribution >= 0.6 is 11.8 Å². The van der Waals surface area contributed by atoms with Gasteiger partial charge < -0.3 is 10.1 Å². The number of hydrogen-bond donors (Lipinski definition) is 1. The first kappa shape index (κ1) is 20.9. The molecule has 29 heavy (non-hydrogen) atoms. The minimum Gasteiger partial charge on any atom is -0.497 e. The topological polar surface area (TPSA) is 69.0 Å². The summed E-state index contributed by atoms with van der Waals surface area (Å²) in [7, 11) is 1.64. The van der Waals surface area contributed by atoms with Gasteiger partial charge in [0.2, 0.25) is 5.91 Å². The lowest BCUT2D eigenvalue weighted by Gasteiger charge is -2.15. The van der Waals surface area contributed by atoms with Gasteiger partial charge in [0, 0.05) is 11.6 Å². The highest BCUT2D eigenvalue weighted by Gasteiger charge is 2.18. The second-order valence-corrected chi connectivity index (χ2v) is 7.93. The van der Waals surface area contributed by atoms with E-state index in [9.17, 15) is 4.79 Å². The van der Waals surface area contributed by atoms with Crippen molar-refractivity contribution in [3.8, 4) is 17.1 Å². The molecule has 0 aliphatic carbocycles. The van der Waals surface area contributed by atoms with Crippen LogP contribution in [0.4, 0.5) is 0 Å². The zero-order chi connectivity index (χ0) is 20.8. The fourth-order valence-electron chi connectivity index (χ4n) is 3.02. The van der Waals surface area contributed by atoms with Gasteiger partial charge in [-0.2, -0.15) is 0 Å². The van der Waals surface area contributed by atoms with Crippen LogP contribution in [0.15, 0.2) is 59.8 Å². The summed E-state index contributed by atoms with van der Waals surface area (Å²) in [5.41, 5.74) is 2.04. The predicted octanol–water partition coefficient (Wildman–Crippen LogP) is 4.50. The molecule has 7 heteroatoms. The molecule has 2 aromatic carbocycles. The van der Waals surface area contributed by atoms with E-state index in [1.54, 1.807) is 7.11 Å². The van der Waals surface area contributed by atoms with Crippen LogP contribution in [-0.4, -0.2) is 33.5 Å². The van der Waals surface area contributed by atoms with Crippen molar-refractivity contribution in [3.63, 3.8) is 0 Å². The molecule has 0 aliphatic rings. The Balaban J connectivity index is 1.69. The standard InChI is InChI=1S/C22H26N4O2S/c1-15(2)26-21(18-10-12-19(28-4)13-11-18)24-25-22(26)29-14-20(27)23-16(3)17-8-6-5-7-9-17/h5-13,15-16H,14H2,1-4H3,(H,23,27). The normalized spacial score (nSPS) is 12.0. The molecule has 1 heterocycles. The SMILES string of the molecule is COc1ccc(-c2nnc(SCC(=O)NC(C)c3ccccc3)n2C(C)C)cc1. The number of carbonyl (C=O) groups excluding carboxylic acids is 1. The number of thioether (sulfide) groups is 1. The van der Waals surface area contributed by atoms with Gasteiger partial charge in [0.15, 0.2) is 11.0 Å². The molecule has 0 spiro atoms. The van der Waals surface area contributed by atoms with Gasteiger partial charge in [-0.1, -0.05) is 42.1 Å². The third-order valence-electron chi connectivity index (χ3n) is 4.54. The number of benzene rings is 2. The summed E-state index contributed by atoms with van der Waals surface area (Å²) in [5, 5.41) is 12.5. The number of amides is 1. The van der Waals surface area contributed by atoms with Crippen LogP contribution in [0.25, 0.3) is 11.4 Å². The monoisotopic (exact) mass is 410 g/mol. The maximum atomic E-state index is 12.4. The van der Waals surface area contributed by atoms with E-state index >= 15 is 0 Å². The zero-order valence-electron chi connectivity index (χ0n) is 17.1. The van der Waals surface area contributed by atoms with Crippen molar-refractivity contribution in [2.24, 2.45) is 0 Å². The number of hydrogen-bond acceptors (Lipinski definition) is 5. The van der Waals surface area contributed by atoms with Gasteiger partial charge in [0.25, 0.3) is 0 Å². The quantitative estimate of drug-likeness (QED) is 0.554. The number of nitrogens with zero attached hydrogens (tertiary/aromatic N) is 3. The Hall–Kier alpha value is -2.80. The van der Waals surface area contributed by atoms with E-state index < -0.39 is 0 Å². The van der Waals surface area contributed by atoms with Crippen molar-refractivity contribution < 1.29 is 9.53 Å². The predicted molar refractivity (Wildman–Crippen MR) is 116 cm³/mol. The van der Waals surface area contributed by atoms with E-state index in [4.69, 9.17) is 4.74 Å². The van der Waals surface area contributed by atoms with E-state index in [1.807, 2.05) is 61.5 Å². The Kier molecular flexibility index (Phi) is 6.93. The summed E-state index contributed by atoms with van der Waals surface area (Å²) in [6.45, 7) is 6.15. The van der Waals surface area contributed by atoms with E-state index in [-0.39, 0.29) is 23.7 Å². The molecule has 152 valence electrons. The molecule has 0 saturated heterocycles.